The van der Waals surface area contributed by atoms with Gasteiger partial charge < -0.3 is 0 Å². The Morgan fingerprint density at radius 3 is 2.54 bits per heavy atom. The molecular formula is C19H22ClN5O2S. The van der Waals surface area contributed by atoms with Crippen LogP contribution < -0.4 is 0 Å². The van der Waals surface area contributed by atoms with E-state index in [1.54, 1.807) is 36.1 Å². The van der Waals surface area contributed by atoms with E-state index in [0.717, 1.165) is 23.9 Å². The number of piperidine rings is 1. The Hall–Kier alpha value is -2.03. The Labute approximate surface area is 169 Å². The molecule has 9 heteroatoms. The first-order valence-corrected chi connectivity index (χ1v) is 11.0. The average molecular weight is 420 g/mol. The molecule has 0 unspecified atom stereocenters. The molecule has 148 valence electrons. The fourth-order valence-corrected chi connectivity index (χ4v) is 5.91. The van der Waals surface area contributed by atoms with Gasteiger partial charge in [-0.3, -0.25) is 4.68 Å². The minimum Gasteiger partial charge on any atom is -0.271 e. The summed E-state index contributed by atoms with van der Waals surface area (Å²) in [7, 11) is -1.78. The molecule has 0 radical (unpaired) electrons. The normalized spacial score (nSPS) is 16.7. The molecule has 0 spiro atoms. The lowest BCUT2D eigenvalue weighted by atomic mass is 9.94. The number of hydrogen-bond acceptors (Lipinski definition) is 5. The standard InChI is InChI=1S/C19H22ClN5O2S/c1-12-18(13(2)24(3)23-12)28(26,27)25-8-6-14(7-9-25)17-5-4-15-10-16(20)11-21-19(15)22-17/h4-5,10-11,14H,6-9H2,1-3H3. The minimum atomic E-state index is -3.55. The van der Waals surface area contributed by atoms with Crippen molar-refractivity contribution in [3.05, 3.63) is 46.5 Å². The largest absolute Gasteiger partial charge is 0.271 e. The van der Waals surface area contributed by atoms with Crippen LogP contribution in [0.3, 0.4) is 0 Å². The Kier molecular flexibility index (Phi) is 4.89. The van der Waals surface area contributed by atoms with Crippen LogP contribution in [0, 0.1) is 13.8 Å². The molecule has 0 bridgehead atoms. The topological polar surface area (TPSA) is 81.0 Å². The van der Waals surface area contributed by atoms with Crippen molar-refractivity contribution in [1.29, 1.82) is 0 Å². The number of aryl methyl sites for hydroxylation is 2. The summed E-state index contributed by atoms with van der Waals surface area (Å²) < 4.78 is 29.4. The predicted octanol–water partition coefficient (Wildman–Crippen LogP) is 3.20. The highest BCUT2D eigenvalue weighted by atomic mass is 35.5. The zero-order valence-corrected chi connectivity index (χ0v) is 17.6. The van der Waals surface area contributed by atoms with E-state index >= 15 is 0 Å². The Bertz CT molecular complexity index is 1150. The first kappa shape index (κ1) is 19.3. The smallest absolute Gasteiger partial charge is 0.246 e. The summed E-state index contributed by atoms with van der Waals surface area (Å²) in [6.07, 6.45) is 3.04. The quantitative estimate of drug-likeness (QED) is 0.651. The van der Waals surface area contributed by atoms with Crippen molar-refractivity contribution in [3.8, 4) is 0 Å². The van der Waals surface area contributed by atoms with Gasteiger partial charge in [-0.2, -0.15) is 9.40 Å². The molecule has 0 atom stereocenters. The van der Waals surface area contributed by atoms with Crippen LogP contribution in [-0.4, -0.2) is 45.6 Å². The van der Waals surface area contributed by atoms with Gasteiger partial charge in [-0.05, 0) is 44.9 Å². The predicted molar refractivity (Wildman–Crippen MR) is 108 cm³/mol. The van der Waals surface area contributed by atoms with Crippen LogP contribution in [0.25, 0.3) is 11.0 Å². The van der Waals surface area contributed by atoms with Crippen LogP contribution in [0.5, 0.6) is 0 Å². The van der Waals surface area contributed by atoms with Gasteiger partial charge in [-0.25, -0.2) is 18.4 Å². The molecule has 0 N–H and O–H groups in total. The fourth-order valence-electron chi connectivity index (χ4n) is 3.87. The lowest BCUT2D eigenvalue weighted by molar-refractivity contribution is 0.316. The summed E-state index contributed by atoms with van der Waals surface area (Å²) in [4.78, 5) is 9.29. The summed E-state index contributed by atoms with van der Waals surface area (Å²) >= 11 is 5.98. The zero-order chi connectivity index (χ0) is 20.1. The molecule has 0 saturated carbocycles. The number of aromatic nitrogens is 4. The van der Waals surface area contributed by atoms with E-state index in [-0.39, 0.29) is 5.92 Å². The Balaban J connectivity index is 1.54. The third-order valence-electron chi connectivity index (χ3n) is 5.44. The highest BCUT2D eigenvalue weighted by Gasteiger charge is 2.34. The summed E-state index contributed by atoms with van der Waals surface area (Å²) in [5, 5.41) is 5.74. The van der Waals surface area contributed by atoms with Crippen molar-refractivity contribution >= 4 is 32.7 Å². The molecule has 3 aromatic rings. The molecule has 1 aliphatic rings. The van der Waals surface area contributed by atoms with Crippen molar-refractivity contribution < 1.29 is 8.42 Å². The second-order valence-corrected chi connectivity index (χ2v) is 9.55. The molecule has 0 amide bonds. The average Bonchev–Trinajstić information content (AvgIpc) is 2.93. The lowest BCUT2D eigenvalue weighted by Gasteiger charge is -2.31. The lowest BCUT2D eigenvalue weighted by Crippen LogP contribution is -2.38. The van der Waals surface area contributed by atoms with E-state index in [1.165, 1.54) is 0 Å². The van der Waals surface area contributed by atoms with E-state index in [2.05, 4.69) is 15.1 Å². The number of halogens is 1. The summed E-state index contributed by atoms with van der Waals surface area (Å²) in [6.45, 7) is 4.46. The van der Waals surface area contributed by atoms with E-state index < -0.39 is 10.0 Å². The van der Waals surface area contributed by atoms with E-state index in [1.807, 2.05) is 18.2 Å². The highest BCUT2D eigenvalue weighted by molar-refractivity contribution is 7.89. The molecule has 0 aromatic carbocycles. The van der Waals surface area contributed by atoms with Crippen LogP contribution in [0.4, 0.5) is 0 Å². The number of rotatable bonds is 3. The van der Waals surface area contributed by atoms with Gasteiger partial charge in [0.05, 0.1) is 16.4 Å². The molecule has 4 heterocycles. The van der Waals surface area contributed by atoms with Gasteiger partial charge >= 0.3 is 0 Å². The van der Waals surface area contributed by atoms with Crippen molar-refractivity contribution in [3.63, 3.8) is 0 Å². The molecule has 3 aromatic heterocycles. The second-order valence-electron chi connectivity index (χ2n) is 7.24. The van der Waals surface area contributed by atoms with Gasteiger partial charge in [0.15, 0.2) is 5.65 Å². The van der Waals surface area contributed by atoms with Gasteiger partial charge in [0, 0.05) is 43.3 Å². The molecule has 1 fully saturated rings. The Morgan fingerprint density at radius 1 is 1.18 bits per heavy atom. The van der Waals surface area contributed by atoms with Crippen LogP contribution in [0.15, 0.2) is 29.3 Å². The summed E-state index contributed by atoms with van der Waals surface area (Å²) in [5.41, 5.74) is 2.83. The second kappa shape index (κ2) is 7.09. The zero-order valence-electron chi connectivity index (χ0n) is 16.1. The van der Waals surface area contributed by atoms with Crippen molar-refractivity contribution in [2.75, 3.05) is 13.1 Å². The van der Waals surface area contributed by atoms with E-state index in [4.69, 9.17) is 11.6 Å². The monoisotopic (exact) mass is 419 g/mol. The number of sulfonamides is 1. The Morgan fingerprint density at radius 2 is 1.89 bits per heavy atom. The maximum Gasteiger partial charge on any atom is 0.246 e. The van der Waals surface area contributed by atoms with Crippen molar-refractivity contribution in [1.82, 2.24) is 24.1 Å². The fraction of sp³-hybridized carbons (Fsp3) is 0.421. The SMILES string of the molecule is Cc1nn(C)c(C)c1S(=O)(=O)N1CCC(c2ccc3cc(Cl)cnc3n2)CC1. The third-order valence-corrected chi connectivity index (χ3v) is 7.80. The van der Waals surface area contributed by atoms with Crippen molar-refractivity contribution in [2.45, 2.75) is 37.5 Å². The van der Waals surface area contributed by atoms with Gasteiger partial charge in [0.2, 0.25) is 10.0 Å². The van der Waals surface area contributed by atoms with Crippen LogP contribution in [0.2, 0.25) is 5.02 Å². The number of pyridine rings is 2. The number of nitrogens with zero attached hydrogens (tertiary/aromatic N) is 5. The molecular weight excluding hydrogens is 398 g/mol. The van der Waals surface area contributed by atoms with Gasteiger partial charge in [0.1, 0.15) is 4.90 Å². The van der Waals surface area contributed by atoms with E-state index in [9.17, 15) is 8.42 Å². The van der Waals surface area contributed by atoms with Gasteiger partial charge in [-0.15, -0.1) is 0 Å². The summed E-state index contributed by atoms with van der Waals surface area (Å²) in [5.74, 6) is 0.212. The molecule has 1 saturated heterocycles. The van der Waals surface area contributed by atoms with Gasteiger partial charge in [0.25, 0.3) is 0 Å². The third kappa shape index (κ3) is 3.29. The molecule has 1 aliphatic heterocycles. The number of hydrogen-bond donors (Lipinski definition) is 0. The molecule has 0 aliphatic carbocycles. The maximum absolute atomic E-state index is 13.1. The van der Waals surface area contributed by atoms with Gasteiger partial charge in [-0.1, -0.05) is 11.6 Å². The number of fused-ring (bicyclic) bond motifs is 1. The van der Waals surface area contributed by atoms with E-state index in [0.29, 0.717) is 40.0 Å². The minimum absolute atomic E-state index is 0.212. The van der Waals surface area contributed by atoms with Crippen molar-refractivity contribution in [2.24, 2.45) is 7.05 Å². The molecule has 4 rings (SSSR count). The highest BCUT2D eigenvalue weighted by Crippen LogP contribution is 2.32. The van der Waals surface area contributed by atoms with Crippen LogP contribution in [-0.2, 0) is 17.1 Å². The molecule has 7 nitrogen and oxygen atoms in total. The molecule has 28 heavy (non-hydrogen) atoms. The first-order chi connectivity index (χ1) is 13.3. The maximum atomic E-state index is 13.1. The summed E-state index contributed by atoms with van der Waals surface area (Å²) in [6, 6.07) is 5.81. The van der Waals surface area contributed by atoms with Crippen LogP contribution in [0.1, 0.15) is 35.8 Å². The first-order valence-electron chi connectivity index (χ1n) is 9.20. The van der Waals surface area contributed by atoms with Crippen LogP contribution >= 0.6 is 11.6 Å².